The SMILES string of the molecule is Cc1cn2ncc(CC=O)c2nc1C. The van der Waals surface area contributed by atoms with E-state index < -0.39 is 0 Å². The second kappa shape index (κ2) is 3.21. The average Bonchev–Trinajstić information content (AvgIpc) is 2.51. The molecule has 0 unspecified atom stereocenters. The predicted molar refractivity (Wildman–Crippen MR) is 52.2 cm³/mol. The molecule has 2 rings (SSSR count). The Kier molecular flexibility index (Phi) is 2.04. The van der Waals surface area contributed by atoms with Crippen molar-refractivity contribution in [1.82, 2.24) is 14.6 Å². The van der Waals surface area contributed by atoms with Gasteiger partial charge in [-0.3, -0.25) is 0 Å². The van der Waals surface area contributed by atoms with Gasteiger partial charge < -0.3 is 4.79 Å². The smallest absolute Gasteiger partial charge is 0.158 e. The fourth-order valence-electron chi connectivity index (χ4n) is 1.37. The van der Waals surface area contributed by atoms with Gasteiger partial charge in [0.1, 0.15) is 6.29 Å². The van der Waals surface area contributed by atoms with Crippen LogP contribution in [0.5, 0.6) is 0 Å². The fourth-order valence-corrected chi connectivity index (χ4v) is 1.37. The highest BCUT2D eigenvalue weighted by molar-refractivity contribution is 5.61. The number of aldehydes is 1. The van der Waals surface area contributed by atoms with Crippen LogP contribution in [-0.4, -0.2) is 20.9 Å². The van der Waals surface area contributed by atoms with E-state index in [2.05, 4.69) is 10.1 Å². The van der Waals surface area contributed by atoms with E-state index in [-0.39, 0.29) is 0 Å². The lowest BCUT2D eigenvalue weighted by atomic mass is 10.2. The fraction of sp³-hybridized carbons (Fsp3) is 0.300. The zero-order valence-electron chi connectivity index (χ0n) is 8.19. The molecule has 0 N–H and O–H groups in total. The van der Waals surface area contributed by atoms with Gasteiger partial charge in [-0.15, -0.1) is 0 Å². The maximum Gasteiger partial charge on any atom is 0.158 e. The zero-order valence-corrected chi connectivity index (χ0v) is 8.19. The third-order valence-corrected chi connectivity index (χ3v) is 2.31. The van der Waals surface area contributed by atoms with Crippen molar-refractivity contribution in [2.45, 2.75) is 20.3 Å². The number of aryl methyl sites for hydroxylation is 2. The lowest BCUT2D eigenvalue weighted by Gasteiger charge is -2.00. The first kappa shape index (κ1) is 8.87. The number of aromatic nitrogens is 3. The molecule has 0 aliphatic heterocycles. The van der Waals surface area contributed by atoms with Crippen molar-refractivity contribution < 1.29 is 4.79 Å². The quantitative estimate of drug-likeness (QED) is 0.664. The van der Waals surface area contributed by atoms with Crippen LogP contribution in [0.15, 0.2) is 12.4 Å². The highest BCUT2D eigenvalue weighted by Crippen LogP contribution is 2.11. The molecular weight excluding hydrogens is 178 g/mol. The molecule has 4 heteroatoms. The molecule has 0 fully saturated rings. The summed E-state index contributed by atoms with van der Waals surface area (Å²) in [5.74, 6) is 0. The Labute approximate surface area is 81.6 Å². The summed E-state index contributed by atoms with van der Waals surface area (Å²) in [6.07, 6.45) is 4.86. The van der Waals surface area contributed by atoms with Crippen molar-refractivity contribution in [3.63, 3.8) is 0 Å². The van der Waals surface area contributed by atoms with Crippen LogP contribution in [0.2, 0.25) is 0 Å². The molecule has 0 amide bonds. The minimum atomic E-state index is 0.374. The van der Waals surface area contributed by atoms with Gasteiger partial charge in [0.2, 0.25) is 0 Å². The van der Waals surface area contributed by atoms with E-state index in [0.29, 0.717) is 6.42 Å². The van der Waals surface area contributed by atoms with Crippen LogP contribution in [0.4, 0.5) is 0 Å². The number of fused-ring (bicyclic) bond motifs is 1. The van der Waals surface area contributed by atoms with Crippen molar-refractivity contribution in [2.75, 3.05) is 0 Å². The molecule has 2 aromatic rings. The number of nitrogens with zero attached hydrogens (tertiary/aromatic N) is 3. The standard InChI is InChI=1S/C10H11N3O/c1-7-6-13-10(12-8(7)2)9(3-4-14)5-11-13/h4-6H,3H2,1-2H3. The van der Waals surface area contributed by atoms with Crippen LogP contribution in [0.1, 0.15) is 16.8 Å². The van der Waals surface area contributed by atoms with Gasteiger partial charge in [0.25, 0.3) is 0 Å². The molecule has 2 heterocycles. The van der Waals surface area contributed by atoms with Gasteiger partial charge in [-0.1, -0.05) is 0 Å². The first-order chi connectivity index (χ1) is 6.72. The molecule has 72 valence electrons. The van der Waals surface area contributed by atoms with Gasteiger partial charge in [0.05, 0.1) is 6.20 Å². The van der Waals surface area contributed by atoms with E-state index >= 15 is 0 Å². The third kappa shape index (κ3) is 1.28. The lowest BCUT2D eigenvalue weighted by molar-refractivity contribution is -0.107. The highest BCUT2D eigenvalue weighted by atomic mass is 16.1. The monoisotopic (exact) mass is 189 g/mol. The molecule has 0 atom stereocenters. The molecule has 4 nitrogen and oxygen atoms in total. The first-order valence-corrected chi connectivity index (χ1v) is 4.46. The van der Waals surface area contributed by atoms with Crippen molar-refractivity contribution in [3.8, 4) is 0 Å². The minimum Gasteiger partial charge on any atom is -0.303 e. The summed E-state index contributed by atoms with van der Waals surface area (Å²) < 4.78 is 1.71. The maximum absolute atomic E-state index is 10.4. The van der Waals surface area contributed by atoms with E-state index in [1.807, 2.05) is 20.0 Å². The Balaban J connectivity index is 2.67. The van der Waals surface area contributed by atoms with Crippen molar-refractivity contribution in [1.29, 1.82) is 0 Å². The number of carbonyl (C=O) groups is 1. The Hall–Kier alpha value is -1.71. The molecule has 0 bridgehead atoms. The molecule has 14 heavy (non-hydrogen) atoms. The molecule has 0 aliphatic carbocycles. The molecule has 0 saturated heterocycles. The lowest BCUT2D eigenvalue weighted by Crippen LogP contribution is -1.97. The summed E-state index contributed by atoms with van der Waals surface area (Å²) in [4.78, 5) is 14.8. The number of hydrogen-bond donors (Lipinski definition) is 0. The molecule has 0 saturated carbocycles. The van der Waals surface area contributed by atoms with Crippen LogP contribution < -0.4 is 0 Å². The second-order valence-corrected chi connectivity index (χ2v) is 3.32. The first-order valence-electron chi connectivity index (χ1n) is 4.46. The summed E-state index contributed by atoms with van der Waals surface area (Å²) in [6.45, 7) is 3.94. The van der Waals surface area contributed by atoms with Gasteiger partial charge in [-0.25, -0.2) is 9.50 Å². The number of rotatable bonds is 2. The largest absolute Gasteiger partial charge is 0.303 e. The van der Waals surface area contributed by atoms with Crippen LogP contribution in [0, 0.1) is 13.8 Å². The second-order valence-electron chi connectivity index (χ2n) is 3.32. The van der Waals surface area contributed by atoms with Crippen LogP contribution in [-0.2, 0) is 11.2 Å². The normalized spacial score (nSPS) is 10.7. The van der Waals surface area contributed by atoms with E-state index in [1.54, 1.807) is 10.7 Å². The van der Waals surface area contributed by atoms with Gasteiger partial charge in [0, 0.05) is 23.9 Å². The van der Waals surface area contributed by atoms with E-state index in [0.717, 1.165) is 28.8 Å². The Morgan fingerprint density at radius 3 is 3.00 bits per heavy atom. The molecule has 0 radical (unpaired) electrons. The summed E-state index contributed by atoms with van der Waals surface area (Å²) in [5.41, 5.74) is 3.73. The topological polar surface area (TPSA) is 47.3 Å². The van der Waals surface area contributed by atoms with Crippen molar-refractivity contribution in [3.05, 3.63) is 29.2 Å². The Morgan fingerprint density at radius 2 is 2.29 bits per heavy atom. The van der Waals surface area contributed by atoms with E-state index in [4.69, 9.17) is 0 Å². The van der Waals surface area contributed by atoms with Gasteiger partial charge in [-0.05, 0) is 19.4 Å². The maximum atomic E-state index is 10.4. The van der Waals surface area contributed by atoms with E-state index in [1.165, 1.54) is 0 Å². The summed E-state index contributed by atoms with van der Waals surface area (Å²) in [5, 5.41) is 4.13. The van der Waals surface area contributed by atoms with Gasteiger partial charge in [0.15, 0.2) is 5.65 Å². The molecule has 0 aliphatic rings. The van der Waals surface area contributed by atoms with Crippen molar-refractivity contribution in [2.24, 2.45) is 0 Å². The molecule has 0 aromatic carbocycles. The molecule has 0 spiro atoms. The molecule has 2 aromatic heterocycles. The van der Waals surface area contributed by atoms with Crippen LogP contribution in [0.3, 0.4) is 0 Å². The third-order valence-electron chi connectivity index (χ3n) is 2.31. The number of carbonyl (C=O) groups excluding carboxylic acids is 1. The Morgan fingerprint density at radius 1 is 1.50 bits per heavy atom. The highest BCUT2D eigenvalue weighted by Gasteiger charge is 2.06. The zero-order chi connectivity index (χ0) is 10.1. The molecular formula is C10H11N3O. The predicted octanol–water partition coefficient (Wildman–Crippen LogP) is 1.09. The minimum absolute atomic E-state index is 0.374. The van der Waals surface area contributed by atoms with Crippen LogP contribution >= 0.6 is 0 Å². The van der Waals surface area contributed by atoms with Crippen LogP contribution in [0.25, 0.3) is 5.65 Å². The van der Waals surface area contributed by atoms with Gasteiger partial charge in [-0.2, -0.15) is 5.10 Å². The summed E-state index contributed by atoms with van der Waals surface area (Å²) in [7, 11) is 0. The summed E-state index contributed by atoms with van der Waals surface area (Å²) >= 11 is 0. The van der Waals surface area contributed by atoms with E-state index in [9.17, 15) is 4.79 Å². The van der Waals surface area contributed by atoms with Gasteiger partial charge >= 0.3 is 0 Å². The summed E-state index contributed by atoms with van der Waals surface area (Å²) in [6, 6.07) is 0. The van der Waals surface area contributed by atoms with Crippen molar-refractivity contribution >= 4 is 11.9 Å². The number of hydrogen-bond acceptors (Lipinski definition) is 3. The Bertz CT molecular complexity index is 487. The average molecular weight is 189 g/mol.